The van der Waals surface area contributed by atoms with E-state index in [1.807, 2.05) is 0 Å². The van der Waals surface area contributed by atoms with E-state index >= 15 is 0 Å². The molecule has 0 heterocycles. The Bertz CT molecular complexity index is 161. The average molecular weight is 259 g/mol. The van der Waals surface area contributed by atoms with Crippen molar-refractivity contribution >= 4 is 0 Å². The molecule has 0 fully saturated rings. The summed E-state index contributed by atoms with van der Waals surface area (Å²) in [5, 5.41) is 21.2. The van der Waals surface area contributed by atoms with E-state index in [9.17, 15) is 0 Å². The fraction of sp³-hybridized carbons (Fsp3) is 1.00. The van der Waals surface area contributed by atoms with E-state index in [0.29, 0.717) is 6.04 Å². The van der Waals surface area contributed by atoms with Gasteiger partial charge in [0.2, 0.25) is 0 Å². The van der Waals surface area contributed by atoms with E-state index in [-0.39, 0.29) is 19.3 Å². The third-order valence-corrected chi connectivity index (χ3v) is 3.45. The van der Waals surface area contributed by atoms with Gasteiger partial charge >= 0.3 is 0 Å². The molecule has 0 saturated carbocycles. The van der Waals surface area contributed by atoms with Crippen LogP contribution in [0.25, 0.3) is 0 Å². The molecule has 3 N–H and O–H groups in total. The van der Waals surface area contributed by atoms with Gasteiger partial charge in [-0.3, -0.25) is 0 Å². The first-order chi connectivity index (χ1) is 8.74. The van der Waals surface area contributed by atoms with Gasteiger partial charge in [-0.25, -0.2) is 0 Å². The van der Waals surface area contributed by atoms with Gasteiger partial charge in [0.25, 0.3) is 0 Å². The van der Waals surface area contributed by atoms with Gasteiger partial charge in [0.05, 0.1) is 19.3 Å². The lowest BCUT2D eigenvalue weighted by Gasteiger charge is -2.19. The number of rotatable bonds is 13. The van der Waals surface area contributed by atoms with Crippen molar-refractivity contribution in [2.45, 2.75) is 83.7 Å². The summed E-state index contributed by atoms with van der Waals surface area (Å²) in [7, 11) is 0. The first-order valence-electron chi connectivity index (χ1n) is 7.72. The van der Waals surface area contributed by atoms with E-state index in [0.717, 1.165) is 6.42 Å². The minimum atomic E-state index is -0.158. The predicted molar refractivity (Wildman–Crippen MR) is 77.8 cm³/mol. The van der Waals surface area contributed by atoms with E-state index in [2.05, 4.69) is 19.2 Å². The molecule has 0 aromatic rings. The number of unbranched alkanes of at least 4 members (excludes halogenated alkanes) is 7. The van der Waals surface area contributed by atoms with Crippen molar-refractivity contribution in [3.05, 3.63) is 0 Å². The molecule has 110 valence electrons. The molecule has 3 nitrogen and oxygen atoms in total. The van der Waals surface area contributed by atoms with Crippen LogP contribution in [0.3, 0.4) is 0 Å². The standard InChI is InChI=1S/C15H33NO2/c1-3-4-5-6-7-8-9-10-11-14(2)16-15(12-17)13-18/h14-18H,3-13H2,1-2H3. The molecule has 1 atom stereocenters. The molecule has 18 heavy (non-hydrogen) atoms. The SMILES string of the molecule is CCCCCCCCCCC(C)NC(CO)CO. The Morgan fingerprint density at radius 2 is 1.33 bits per heavy atom. The maximum absolute atomic E-state index is 8.96. The highest BCUT2D eigenvalue weighted by molar-refractivity contribution is 4.69. The normalized spacial score (nSPS) is 13.2. The van der Waals surface area contributed by atoms with Gasteiger partial charge in [-0.15, -0.1) is 0 Å². The maximum Gasteiger partial charge on any atom is 0.0607 e. The molecule has 1 unspecified atom stereocenters. The third kappa shape index (κ3) is 11.0. The molecule has 0 rings (SSSR count). The van der Waals surface area contributed by atoms with E-state index < -0.39 is 0 Å². The van der Waals surface area contributed by atoms with Crippen molar-refractivity contribution in [2.24, 2.45) is 0 Å². The van der Waals surface area contributed by atoms with E-state index in [1.165, 1.54) is 51.4 Å². The monoisotopic (exact) mass is 259 g/mol. The average Bonchev–Trinajstić information content (AvgIpc) is 2.39. The highest BCUT2D eigenvalue weighted by Gasteiger charge is 2.09. The first-order valence-corrected chi connectivity index (χ1v) is 7.72. The molecule has 0 saturated heterocycles. The summed E-state index contributed by atoms with van der Waals surface area (Å²) >= 11 is 0. The van der Waals surface area contributed by atoms with Crippen LogP contribution in [0.5, 0.6) is 0 Å². The Balaban J connectivity index is 3.27. The van der Waals surface area contributed by atoms with Crippen LogP contribution in [0.15, 0.2) is 0 Å². The number of nitrogens with one attached hydrogen (secondary N) is 1. The van der Waals surface area contributed by atoms with Gasteiger partial charge in [0, 0.05) is 6.04 Å². The predicted octanol–water partition coefficient (Wildman–Crippen LogP) is 2.85. The van der Waals surface area contributed by atoms with Crippen molar-refractivity contribution in [3.8, 4) is 0 Å². The molecule has 0 radical (unpaired) electrons. The number of hydrogen-bond acceptors (Lipinski definition) is 3. The van der Waals surface area contributed by atoms with Gasteiger partial charge in [-0.2, -0.15) is 0 Å². The molecular formula is C15H33NO2. The smallest absolute Gasteiger partial charge is 0.0607 e. The van der Waals surface area contributed by atoms with Crippen LogP contribution >= 0.6 is 0 Å². The molecule has 0 amide bonds. The van der Waals surface area contributed by atoms with Gasteiger partial charge in [0.1, 0.15) is 0 Å². The quantitative estimate of drug-likeness (QED) is 0.446. The topological polar surface area (TPSA) is 52.5 Å². The van der Waals surface area contributed by atoms with Crippen LogP contribution in [0.1, 0.15) is 71.6 Å². The number of aliphatic hydroxyl groups excluding tert-OH is 2. The number of hydrogen-bond donors (Lipinski definition) is 3. The second-order valence-electron chi connectivity index (χ2n) is 5.39. The second kappa shape index (κ2) is 13.3. The fourth-order valence-electron chi connectivity index (χ4n) is 2.23. The van der Waals surface area contributed by atoms with Crippen molar-refractivity contribution in [1.82, 2.24) is 5.32 Å². The Morgan fingerprint density at radius 1 is 0.833 bits per heavy atom. The second-order valence-corrected chi connectivity index (χ2v) is 5.39. The molecule has 0 aromatic carbocycles. The highest BCUT2D eigenvalue weighted by atomic mass is 16.3. The lowest BCUT2D eigenvalue weighted by atomic mass is 10.0. The largest absolute Gasteiger partial charge is 0.395 e. The van der Waals surface area contributed by atoms with Crippen LogP contribution in [0, 0.1) is 0 Å². The van der Waals surface area contributed by atoms with E-state index in [4.69, 9.17) is 10.2 Å². The molecule has 0 aliphatic heterocycles. The molecule has 0 aromatic heterocycles. The van der Waals surface area contributed by atoms with Crippen LogP contribution in [0.4, 0.5) is 0 Å². The fourth-order valence-corrected chi connectivity index (χ4v) is 2.23. The van der Waals surface area contributed by atoms with Crippen LogP contribution in [0.2, 0.25) is 0 Å². The zero-order valence-corrected chi connectivity index (χ0v) is 12.3. The Kier molecular flexibility index (Phi) is 13.2. The molecule has 0 aliphatic rings. The Morgan fingerprint density at radius 3 is 1.83 bits per heavy atom. The summed E-state index contributed by atoms with van der Waals surface area (Å²) in [5.74, 6) is 0. The van der Waals surface area contributed by atoms with Crippen molar-refractivity contribution < 1.29 is 10.2 Å². The lowest BCUT2D eigenvalue weighted by Crippen LogP contribution is -2.41. The third-order valence-electron chi connectivity index (χ3n) is 3.45. The molecule has 0 aliphatic carbocycles. The van der Waals surface area contributed by atoms with Gasteiger partial charge in [0.15, 0.2) is 0 Å². The van der Waals surface area contributed by atoms with Crippen molar-refractivity contribution in [2.75, 3.05) is 13.2 Å². The lowest BCUT2D eigenvalue weighted by molar-refractivity contribution is 0.162. The highest BCUT2D eigenvalue weighted by Crippen LogP contribution is 2.10. The van der Waals surface area contributed by atoms with Crippen molar-refractivity contribution in [3.63, 3.8) is 0 Å². The minimum absolute atomic E-state index is 0.0122. The maximum atomic E-state index is 8.96. The minimum Gasteiger partial charge on any atom is -0.395 e. The molecular weight excluding hydrogens is 226 g/mol. The summed E-state index contributed by atoms with van der Waals surface area (Å²) in [6, 6.07) is 0.225. The summed E-state index contributed by atoms with van der Waals surface area (Å²) in [6.07, 6.45) is 11.9. The van der Waals surface area contributed by atoms with Crippen LogP contribution < -0.4 is 5.32 Å². The Hall–Kier alpha value is -0.120. The summed E-state index contributed by atoms with van der Waals surface area (Å²) in [6.45, 7) is 4.40. The van der Waals surface area contributed by atoms with Gasteiger partial charge in [-0.1, -0.05) is 58.3 Å². The zero-order chi connectivity index (χ0) is 13.6. The van der Waals surface area contributed by atoms with Gasteiger partial charge < -0.3 is 15.5 Å². The van der Waals surface area contributed by atoms with Crippen molar-refractivity contribution in [1.29, 1.82) is 0 Å². The molecule has 0 bridgehead atoms. The zero-order valence-electron chi connectivity index (χ0n) is 12.3. The first kappa shape index (κ1) is 17.9. The number of aliphatic hydroxyl groups is 2. The summed E-state index contributed by atoms with van der Waals surface area (Å²) in [4.78, 5) is 0. The molecule has 3 heteroatoms. The van der Waals surface area contributed by atoms with Crippen LogP contribution in [-0.2, 0) is 0 Å². The summed E-state index contributed by atoms with van der Waals surface area (Å²) in [5.41, 5.74) is 0. The molecule has 0 spiro atoms. The van der Waals surface area contributed by atoms with E-state index in [1.54, 1.807) is 0 Å². The van der Waals surface area contributed by atoms with Crippen LogP contribution in [-0.4, -0.2) is 35.5 Å². The van der Waals surface area contributed by atoms with Gasteiger partial charge in [-0.05, 0) is 13.3 Å². The Labute approximate surface area is 113 Å². The summed E-state index contributed by atoms with van der Waals surface area (Å²) < 4.78 is 0.